The largest absolute Gasteiger partial charge is 0.507 e. The number of phenols is 2. The van der Waals surface area contributed by atoms with Crippen LogP contribution in [0.5, 0.6) is 17.2 Å². The van der Waals surface area contributed by atoms with E-state index in [1.807, 2.05) is 0 Å². The van der Waals surface area contributed by atoms with Crippen molar-refractivity contribution in [1.82, 2.24) is 0 Å². The van der Waals surface area contributed by atoms with Gasteiger partial charge in [0.1, 0.15) is 23.8 Å². The second-order valence-corrected chi connectivity index (χ2v) is 7.14. The number of hydrogen-bond donors (Lipinski definition) is 2. The summed E-state index contributed by atoms with van der Waals surface area (Å²) < 4.78 is 5.20. The number of phenolic OH excluding ortho intramolecular Hbond substituents is 2. The summed E-state index contributed by atoms with van der Waals surface area (Å²) in [4.78, 5) is 48.7. The van der Waals surface area contributed by atoms with Gasteiger partial charge in [-0.3, -0.25) is 14.4 Å². The zero-order valence-electron chi connectivity index (χ0n) is 15.5. The minimum absolute atomic E-state index is 0.0445. The molecule has 148 valence electrons. The van der Waals surface area contributed by atoms with Crippen LogP contribution in [0.4, 0.5) is 0 Å². The lowest BCUT2D eigenvalue weighted by Crippen LogP contribution is -2.27. The Kier molecular flexibility index (Phi) is 4.41. The number of ether oxygens (including phenoxy) is 1. The van der Waals surface area contributed by atoms with Crippen molar-refractivity contribution in [3.63, 3.8) is 0 Å². The van der Waals surface area contributed by atoms with Crippen LogP contribution < -0.4 is 4.74 Å². The lowest BCUT2D eigenvalue weighted by molar-refractivity contribution is -0.121. The number of hydrogen-bond acceptors (Lipinski definition) is 8. The van der Waals surface area contributed by atoms with Crippen LogP contribution in [0.15, 0.2) is 23.4 Å². The van der Waals surface area contributed by atoms with Gasteiger partial charge in [0.15, 0.2) is 11.6 Å². The van der Waals surface area contributed by atoms with E-state index >= 15 is 0 Å². The average molecular weight is 395 g/mol. The summed E-state index contributed by atoms with van der Waals surface area (Å²) in [6.45, 7) is -0.470. The van der Waals surface area contributed by atoms with E-state index < -0.39 is 29.8 Å². The first-order chi connectivity index (χ1) is 13.9. The summed E-state index contributed by atoms with van der Waals surface area (Å²) in [5, 5.41) is 24.3. The van der Waals surface area contributed by atoms with Gasteiger partial charge < -0.3 is 14.9 Å². The molecule has 2 aliphatic carbocycles. The predicted molar refractivity (Wildman–Crippen MR) is 101 cm³/mol. The highest BCUT2D eigenvalue weighted by Gasteiger charge is 2.40. The molecule has 2 N–H and O–H groups in total. The van der Waals surface area contributed by atoms with Crippen LogP contribution in [-0.4, -0.2) is 41.2 Å². The predicted octanol–water partition coefficient (Wildman–Crippen LogP) is 2.32. The van der Waals surface area contributed by atoms with Gasteiger partial charge in [0.05, 0.1) is 23.8 Å². The number of carbonyl (C=O) groups excluding carboxylic acids is 3. The van der Waals surface area contributed by atoms with Gasteiger partial charge >= 0.3 is 0 Å². The van der Waals surface area contributed by atoms with E-state index in [0.29, 0.717) is 12.0 Å². The van der Waals surface area contributed by atoms with Gasteiger partial charge in [-0.25, -0.2) is 0 Å². The third-order valence-electron chi connectivity index (χ3n) is 5.70. The highest BCUT2D eigenvalue weighted by Crippen LogP contribution is 2.47. The average Bonchev–Trinajstić information content (AvgIpc) is 2.73. The Hall–Kier alpha value is -3.55. The van der Waals surface area contributed by atoms with Crippen molar-refractivity contribution in [3.05, 3.63) is 56.5 Å². The summed E-state index contributed by atoms with van der Waals surface area (Å²) in [6.07, 6.45) is 0.621. The van der Waals surface area contributed by atoms with Gasteiger partial charge in [-0.1, -0.05) is 17.3 Å². The number of ketones is 3. The molecular weight excluding hydrogens is 378 g/mol. The second-order valence-electron chi connectivity index (χ2n) is 7.14. The molecule has 0 heterocycles. The first-order valence-corrected chi connectivity index (χ1v) is 9.08. The smallest absolute Gasteiger partial charge is 0.202 e. The van der Waals surface area contributed by atoms with E-state index in [2.05, 4.69) is 5.18 Å². The van der Waals surface area contributed by atoms with E-state index in [1.165, 1.54) is 13.2 Å². The zero-order chi connectivity index (χ0) is 20.9. The van der Waals surface area contributed by atoms with Crippen LogP contribution in [0, 0.1) is 10.8 Å². The van der Waals surface area contributed by atoms with E-state index in [0.717, 1.165) is 0 Å². The fourth-order valence-electron chi connectivity index (χ4n) is 4.27. The Labute approximate surface area is 165 Å². The molecule has 8 nitrogen and oxygen atoms in total. The maximum atomic E-state index is 13.1. The maximum Gasteiger partial charge on any atom is 0.202 e. The Morgan fingerprint density at radius 2 is 1.79 bits per heavy atom. The van der Waals surface area contributed by atoms with Crippen LogP contribution in [0.25, 0.3) is 0 Å². The molecule has 0 saturated heterocycles. The van der Waals surface area contributed by atoms with Gasteiger partial charge in [0.25, 0.3) is 0 Å². The van der Waals surface area contributed by atoms with Gasteiger partial charge in [-0.05, 0) is 25.3 Å². The van der Waals surface area contributed by atoms with Gasteiger partial charge in [0.2, 0.25) is 5.78 Å². The number of methoxy groups -OCH3 is 1. The molecule has 4 rings (SSSR count). The molecule has 0 amide bonds. The molecule has 0 aliphatic heterocycles. The first-order valence-electron chi connectivity index (χ1n) is 9.08. The number of carbonyl (C=O) groups is 3. The van der Waals surface area contributed by atoms with Gasteiger partial charge in [-0.2, -0.15) is 4.91 Å². The summed E-state index contributed by atoms with van der Waals surface area (Å²) in [5.41, 5.74) is 0.192. The minimum Gasteiger partial charge on any atom is -0.507 e. The van der Waals surface area contributed by atoms with Crippen molar-refractivity contribution in [3.8, 4) is 17.2 Å². The number of nitroso groups, excluding NO2 is 1. The first kappa shape index (κ1) is 18.8. The number of rotatable bonds is 4. The Balaban J connectivity index is 1.91. The van der Waals surface area contributed by atoms with E-state index in [9.17, 15) is 29.5 Å². The molecule has 0 fully saturated rings. The third kappa shape index (κ3) is 2.63. The zero-order valence-corrected chi connectivity index (χ0v) is 15.5. The summed E-state index contributed by atoms with van der Waals surface area (Å²) in [7, 11) is 1.37. The summed E-state index contributed by atoms with van der Waals surface area (Å²) in [5.74, 6) is -2.68. The van der Waals surface area contributed by atoms with Crippen LogP contribution >= 0.6 is 0 Å². The molecule has 29 heavy (non-hydrogen) atoms. The van der Waals surface area contributed by atoms with E-state index in [-0.39, 0.29) is 57.9 Å². The summed E-state index contributed by atoms with van der Waals surface area (Å²) >= 11 is 0. The number of nitrogens with zero attached hydrogens (tertiary/aromatic N) is 1. The molecule has 0 saturated carbocycles. The Morgan fingerprint density at radius 3 is 2.48 bits per heavy atom. The Bertz CT molecular complexity index is 1100. The molecule has 0 aromatic heterocycles. The Morgan fingerprint density at radius 1 is 1.10 bits per heavy atom. The molecule has 8 heteroatoms. The topological polar surface area (TPSA) is 130 Å². The molecular formula is C21H17NO7. The van der Waals surface area contributed by atoms with E-state index in [4.69, 9.17) is 4.74 Å². The number of Topliss-reactive ketones (excluding diaryl/α,β-unsaturated/α-hetero) is 1. The maximum absolute atomic E-state index is 13.1. The van der Waals surface area contributed by atoms with Crippen molar-refractivity contribution in [1.29, 1.82) is 0 Å². The van der Waals surface area contributed by atoms with Crippen LogP contribution in [-0.2, 0) is 17.6 Å². The van der Waals surface area contributed by atoms with E-state index in [1.54, 1.807) is 12.1 Å². The SMILES string of the molecule is COc1cccc2c1C(=O)c1c(O)c3c(c(O)c1C2=O)CC(C(=O)CN=O)CC3. The van der Waals surface area contributed by atoms with Crippen LogP contribution in [0.3, 0.4) is 0 Å². The van der Waals surface area contributed by atoms with Crippen molar-refractivity contribution in [2.45, 2.75) is 19.3 Å². The second kappa shape index (κ2) is 6.80. The molecule has 1 atom stereocenters. The van der Waals surface area contributed by atoms with Crippen LogP contribution in [0.1, 0.15) is 49.4 Å². The molecule has 2 aromatic carbocycles. The molecule has 0 spiro atoms. The highest BCUT2D eigenvalue weighted by molar-refractivity contribution is 6.31. The molecule has 0 bridgehead atoms. The fraction of sp³-hybridized carbons (Fsp3) is 0.286. The molecule has 0 radical (unpaired) electrons. The lowest BCUT2D eigenvalue weighted by Gasteiger charge is -2.29. The van der Waals surface area contributed by atoms with Gasteiger partial charge in [-0.15, -0.1) is 0 Å². The molecule has 2 aliphatic rings. The fourth-order valence-corrected chi connectivity index (χ4v) is 4.27. The van der Waals surface area contributed by atoms with Crippen molar-refractivity contribution >= 4 is 17.3 Å². The lowest BCUT2D eigenvalue weighted by atomic mass is 9.75. The van der Waals surface area contributed by atoms with Crippen molar-refractivity contribution < 1.29 is 29.3 Å². The number of benzene rings is 2. The molecule has 2 aromatic rings. The number of aromatic hydroxyl groups is 2. The highest BCUT2D eigenvalue weighted by atomic mass is 16.5. The minimum atomic E-state index is -0.606. The van der Waals surface area contributed by atoms with Gasteiger partial charge in [0, 0.05) is 22.6 Å². The van der Waals surface area contributed by atoms with Crippen LogP contribution in [0.2, 0.25) is 0 Å². The standard InChI is InChI=1S/C21H17NO7/c1-29-14-4-2-3-11-15(14)21(27)17-16(19(11)25)20(26)12-7-9(13(23)8-22-28)5-6-10(12)18(17)24/h2-4,9,24,26H,5-8H2,1H3. The quantitative estimate of drug-likeness (QED) is 0.512. The third-order valence-corrected chi connectivity index (χ3v) is 5.70. The summed E-state index contributed by atoms with van der Waals surface area (Å²) in [6, 6.07) is 4.56. The van der Waals surface area contributed by atoms with Crippen molar-refractivity contribution in [2.75, 3.05) is 13.7 Å². The molecule has 1 unspecified atom stereocenters. The normalized spacial score (nSPS) is 17.2. The number of fused-ring (bicyclic) bond motifs is 3. The monoisotopic (exact) mass is 395 g/mol. The van der Waals surface area contributed by atoms with Crippen molar-refractivity contribution in [2.24, 2.45) is 11.1 Å².